The highest BCUT2D eigenvalue weighted by atomic mass is 32.2. The van der Waals surface area contributed by atoms with E-state index in [1.807, 2.05) is 6.26 Å². The molecule has 0 aromatic carbocycles. The number of carboxylic acid groups (broad SMARTS) is 1. The van der Waals surface area contributed by atoms with Gasteiger partial charge >= 0.3 is 5.97 Å². The highest BCUT2D eigenvalue weighted by molar-refractivity contribution is 7.98. The van der Waals surface area contributed by atoms with Crippen LogP contribution in [0.5, 0.6) is 0 Å². The number of carbonyl (C=O) groups is 4. The van der Waals surface area contributed by atoms with Crippen LogP contribution in [-0.2, 0) is 19.2 Å². The molecule has 1 fully saturated rings. The van der Waals surface area contributed by atoms with Crippen molar-refractivity contribution in [2.24, 2.45) is 5.73 Å². The molecular formula is C16H28N4O5S. The Morgan fingerprint density at radius 2 is 1.81 bits per heavy atom. The topological polar surface area (TPSA) is 142 Å². The summed E-state index contributed by atoms with van der Waals surface area (Å²) in [4.78, 5) is 49.0. The van der Waals surface area contributed by atoms with Crippen LogP contribution in [0.25, 0.3) is 0 Å². The quantitative estimate of drug-likeness (QED) is 0.403. The van der Waals surface area contributed by atoms with Gasteiger partial charge in [-0.25, -0.2) is 4.79 Å². The van der Waals surface area contributed by atoms with E-state index in [0.29, 0.717) is 25.8 Å². The van der Waals surface area contributed by atoms with Gasteiger partial charge in [0.15, 0.2) is 0 Å². The van der Waals surface area contributed by atoms with Crippen molar-refractivity contribution in [3.05, 3.63) is 0 Å². The van der Waals surface area contributed by atoms with Crippen LogP contribution in [0.2, 0.25) is 0 Å². The Bertz CT molecular complexity index is 545. The van der Waals surface area contributed by atoms with E-state index >= 15 is 0 Å². The van der Waals surface area contributed by atoms with Gasteiger partial charge < -0.3 is 26.4 Å². The summed E-state index contributed by atoms with van der Waals surface area (Å²) in [6.45, 7) is 3.35. The van der Waals surface area contributed by atoms with Gasteiger partial charge in [-0.15, -0.1) is 0 Å². The van der Waals surface area contributed by atoms with Crippen molar-refractivity contribution >= 4 is 35.5 Å². The molecule has 4 atom stereocenters. The van der Waals surface area contributed by atoms with Crippen molar-refractivity contribution in [2.75, 3.05) is 18.6 Å². The molecule has 0 aliphatic carbocycles. The van der Waals surface area contributed by atoms with E-state index in [1.54, 1.807) is 11.8 Å². The molecule has 26 heavy (non-hydrogen) atoms. The monoisotopic (exact) mass is 388 g/mol. The highest BCUT2D eigenvalue weighted by Crippen LogP contribution is 2.18. The Hall–Kier alpha value is -1.81. The van der Waals surface area contributed by atoms with E-state index in [-0.39, 0.29) is 0 Å². The predicted molar refractivity (Wildman–Crippen MR) is 98.6 cm³/mol. The fourth-order valence-corrected chi connectivity index (χ4v) is 3.19. The largest absolute Gasteiger partial charge is 0.480 e. The molecule has 0 spiro atoms. The van der Waals surface area contributed by atoms with Crippen LogP contribution in [0.1, 0.15) is 33.1 Å². The van der Waals surface area contributed by atoms with Crippen LogP contribution in [0.4, 0.5) is 0 Å². The molecule has 1 saturated heterocycles. The second kappa shape index (κ2) is 10.4. The minimum absolute atomic E-state index is 0.354. The van der Waals surface area contributed by atoms with E-state index in [9.17, 15) is 19.2 Å². The minimum atomic E-state index is -1.05. The van der Waals surface area contributed by atoms with Crippen molar-refractivity contribution < 1.29 is 24.3 Å². The molecular weight excluding hydrogens is 360 g/mol. The van der Waals surface area contributed by atoms with Gasteiger partial charge in [-0.1, -0.05) is 0 Å². The maximum absolute atomic E-state index is 12.4. The number of likely N-dealkylation sites (tertiary alicyclic amines) is 1. The molecule has 3 amide bonds. The zero-order valence-electron chi connectivity index (χ0n) is 15.4. The fourth-order valence-electron chi connectivity index (χ4n) is 2.70. The first kappa shape index (κ1) is 22.2. The SMILES string of the molecule is CSCCC(N)C(=O)NC(C)C(=O)NC(C)C(=O)N1CCCC1C(=O)O. The van der Waals surface area contributed by atoms with E-state index in [1.165, 1.54) is 18.7 Å². The van der Waals surface area contributed by atoms with Crippen molar-refractivity contribution in [1.29, 1.82) is 0 Å². The standard InChI is InChI=1S/C16H28N4O5S/c1-9(18-14(22)11(17)6-8-26-3)13(21)19-10(2)15(23)20-7-4-5-12(20)16(24)25/h9-12H,4-8,17H2,1-3H3,(H,18,22)(H,19,21)(H,24,25). The lowest BCUT2D eigenvalue weighted by Crippen LogP contribution is -2.55. The number of thioether (sulfide) groups is 1. The van der Waals surface area contributed by atoms with Gasteiger partial charge in [0.1, 0.15) is 18.1 Å². The number of nitrogens with one attached hydrogen (secondary N) is 2. The minimum Gasteiger partial charge on any atom is -0.480 e. The van der Waals surface area contributed by atoms with Crippen molar-refractivity contribution in [3.8, 4) is 0 Å². The third-order valence-corrected chi connectivity index (χ3v) is 4.92. The van der Waals surface area contributed by atoms with E-state index in [0.717, 1.165) is 5.75 Å². The summed E-state index contributed by atoms with van der Waals surface area (Å²) in [6.07, 6.45) is 3.43. The van der Waals surface area contributed by atoms with Crippen LogP contribution < -0.4 is 16.4 Å². The van der Waals surface area contributed by atoms with E-state index in [2.05, 4.69) is 10.6 Å². The maximum Gasteiger partial charge on any atom is 0.326 e. The Labute approximate surface area is 157 Å². The van der Waals surface area contributed by atoms with Gasteiger partial charge in [0.25, 0.3) is 0 Å². The maximum atomic E-state index is 12.4. The molecule has 0 saturated carbocycles. The molecule has 9 nitrogen and oxygen atoms in total. The van der Waals surface area contributed by atoms with Gasteiger partial charge in [0.2, 0.25) is 17.7 Å². The van der Waals surface area contributed by atoms with Crippen molar-refractivity contribution in [2.45, 2.75) is 57.3 Å². The normalized spacial score (nSPS) is 20.2. The highest BCUT2D eigenvalue weighted by Gasteiger charge is 2.36. The number of rotatable bonds is 9. The lowest BCUT2D eigenvalue weighted by molar-refractivity contribution is -0.149. The first-order valence-corrected chi connectivity index (χ1v) is 9.97. The Balaban J connectivity index is 2.53. The molecule has 1 aliphatic rings. The van der Waals surface area contributed by atoms with Crippen molar-refractivity contribution in [1.82, 2.24) is 15.5 Å². The summed E-state index contributed by atoms with van der Waals surface area (Å²) in [6, 6.07) is -3.29. The molecule has 0 aromatic rings. The number of carbonyl (C=O) groups excluding carboxylic acids is 3. The summed E-state index contributed by atoms with van der Waals surface area (Å²) in [5.74, 6) is -1.71. The van der Waals surface area contributed by atoms with Gasteiger partial charge in [-0.2, -0.15) is 11.8 Å². The number of hydrogen-bond donors (Lipinski definition) is 4. The molecule has 5 N–H and O–H groups in total. The van der Waals surface area contributed by atoms with Crippen LogP contribution in [0, 0.1) is 0 Å². The third kappa shape index (κ3) is 6.17. The zero-order valence-corrected chi connectivity index (χ0v) is 16.2. The number of hydrogen-bond acceptors (Lipinski definition) is 6. The number of carboxylic acids is 1. The number of nitrogens with zero attached hydrogens (tertiary/aromatic N) is 1. The molecule has 1 aliphatic heterocycles. The van der Waals surface area contributed by atoms with Crippen LogP contribution in [0.15, 0.2) is 0 Å². The molecule has 148 valence electrons. The third-order valence-electron chi connectivity index (χ3n) is 4.27. The smallest absolute Gasteiger partial charge is 0.326 e. The zero-order chi connectivity index (χ0) is 19.9. The van der Waals surface area contributed by atoms with Gasteiger partial charge in [0, 0.05) is 6.54 Å². The van der Waals surface area contributed by atoms with E-state index < -0.39 is 47.9 Å². The average Bonchev–Trinajstić information content (AvgIpc) is 3.08. The number of aliphatic carboxylic acids is 1. The lowest BCUT2D eigenvalue weighted by atomic mass is 10.2. The summed E-state index contributed by atoms with van der Waals surface area (Å²) >= 11 is 1.58. The molecule has 10 heteroatoms. The first-order chi connectivity index (χ1) is 12.2. The Kier molecular flexibility index (Phi) is 8.86. The van der Waals surface area contributed by atoms with Crippen molar-refractivity contribution in [3.63, 3.8) is 0 Å². The number of amides is 3. The second-order valence-electron chi connectivity index (χ2n) is 6.38. The molecule has 4 unspecified atom stereocenters. The fraction of sp³-hybridized carbons (Fsp3) is 0.750. The second-order valence-corrected chi connectivity index (χ2v) is 7.36. The van der Waals surface area contributed by atoms with Gasteiger partial charge in [-0.3, -0.25) is 14.4 Å². The lowest BCUT2D eigenvalue weighted by Gasteiger charge is -2.26. The predicted octanol–water partition coefficient (Wildman–Crippen LogP) is -0.848. The van der Waals surface area contributed by atoms with Gasteiger partial charge in [0.05, 0.1) is 6.04 Å². The molecule has 1 rings (SSSR count). The summed E-state index contributed by atoms with van der Waals surface area (Å²) in [5.41, 5.74) is 5.75. The first-order valence-electron chi connectivity index (χ1n) is 8.57. The summed E-state index contributed by atoms with van der Waals surface area (Å²) in [5, 5.41) is 14.2. The van der Waals surface area contributed by atoms with Gasteiger partial charge in [-0.05, 0) is 45.1 Å². The van der Waals surface area contributed by atoms with Crippen LogP contribution in [0.3, 0.4) is 0 Å². The molecule has 0 aromatic heterocycles. The average molecular weight is 388 g/mol. The Morgan fingerprint density at radius 3 is 2.38 bits per heavy atom. The summed E-state index contributed by atoms with van der Waals surface area (Å²) < 4.78 is 0. The summed E-state index contributed by atoms with van der Waals surface area (Å²) in [7, 11) is 0. The Morgan fingerprint density at radius 1 is 1.19 bits per heavy atom. The number of nitrogens with two attached hydrogens (primary N) is 1. The van der Waals surface area contributed by atoms with Crippen LogP contribution >= 0.6 is 11.8 Å². The molecule has 1 heterocycles. The molecule has 0 radical (unpaired) electrons. The van der Waals surface area contributed by atoms with E-state index in [4.69, 9.17) is 10.8 Å². The molecule has 0 bridgehead atoms. The van der Waals surface area contributed by atoms with Crippen LogP contribution in [-0.4, -0.2) is 76.4 Å².